The number of rotatable bonds is 5. The van der Waals surface area contributed by atoms with Crippen LogP contribution in [0.25, 0.3) is 0 Å². The molecule has 0 atom stereocenters. The SMILES string of the molecule is COCCCCC1(C)CCCCC1. The molecule has 0 radical (unpaired) electrons. The maximum Gasteiger partial charge on any atom is 0.0462 e. The molecule has 78 valence electrons. The second kappa shape index (κ2) is 5.64. The topological polar surface area (TPSA) is 9.23 Å². The molecule has 1 nitrogen and oxygen atoms in total. The lowest BCUT2D eigenvalue weighted by atomic mass is 9.72. The van der Waals surface area contributed by atoms with E-state index in [1.165, 1.54) is 51.4 Å². The maximum atomic E-state index is 5.06. The Kier molecular flexibility index (Phi) is 4.79. The van der Waals surface area contributed by atoms with Gasteiger partial charge < -0.3 is 4.74 Å². The molecule has 13 heavy (non-hydrogen) atoms. The summed E-state index contributed by atoms with van der Waals surface area (Å²) < 4.78 is 5.06. The molecule has 1 aliphatic carbocycles. The first-order valence-electron chi connectivity index (χ1n) is 5.76. The Morgan fingerprint density at radius 3 is 2.38 bits per heavy atom. The molecule has 0 unspecified atom stereocenters. The largest absolute Gasteiger partial charge is 0.385 e. The van der Waals surface area contributed by atoms with Gasteiger partial charge in [0.1, 0.15) is 0 Å². The smallest absolute Gasteiger partial charge is 0.0462 e. The summed E-state index contributed by atoms with van der Waals surface area (Å²) in [5.41, 5.74) is 0.673. The lowest BCUT2D eigenvalue weighted by Gasteiger charge is -2.33. The minimum atomic E-state index is 0.673. The van der Waals surface area contributed by atoms with Crippen LogP contribution in [-0.2, 0) is 4.74 Å². The van der Waals surface area contributed by atoms with Gasteiger partial charge in [0.2, 0.25) is 0 Å². The summed E-state index contributed by atoms with van der Waals surface area (Å²) in [6.07, 6.45) is 11.3. The van der Waals surface area contributed by atoms with E-state index < -0.39 is 0 Å². The summed E-state index contributed by atoms with van der Waals surface area (Å²) in [6, 6.07) is 0. The van der Waals surface area contributed by atoms with Crippen LogP contribution in [0.2, 0.25) is 0 Å². The average molecular weight is 184 g/mol. The van der Waals surface area contributed by atoms with Gasteiger partial charge >= 0.3 is 0 Å². The summed E-state index contributed by atoms with van der Waals surface area (Å²) in [5, 5.41) is 0. The normalized spacial score (nSPS) is 21.7. The molecule has 1 saturated carbocycles. The van der Waals surface area contributed by atoms with Gasteiger partial charge in [-0.15, -0.1) is 0 Å². The van der Waals surface area contributed by atoms with E-state index in [1.54, 1.807) is 7.11 Å². The van der Waals surface area contributed by atoms with Gasteiger partial charge in [0.05, 0.1) is 0 Å². The average Bonchev–Trinajstić information content (AvgIpc) is 2.14. The molecule has 0 heterocycles. The van der Waals surface area contributed by atoms with E-state index in [1.807, 2.05) is 0 Å². The lowest BCUT2D eigenvalue weighted by Crippen LogP contribution is -2.19. The second-order valence-corrected chi connectivity index (χ2v) is 4.82. The van der Waals surface area contributed by atoms with E-state index in [9.17, 15) is 0 Å². The van der Waals surface area contributed by atoms with Gasteiger partial charge in [-0.1, -0.05) is 32.6 Å². The van der Waals surface area contributed by atoms with Crippen LogP contribution in [0.3, 0.4) is 0 Å². The lowest BCUT2D eigenvalue weighted by molar-refractivity contribution is 0.165. The Bertz CT molecular complexity index is 125. The van der Waals surface area contributed by atoms with E-state index in [2.05, 4.69) is 6.92 Å². The van der Waals surface area contributed by atoms with Gasteiger partial charge in [0.25, 0.3) is 0 Å². The Morgan fingerprint density at radius 2 is 1.77 bits per heavy atom. The molecule has 0 aliphatic heterocycles. The highest BCUT2D eigenvalue weighted by Gasteiger charge is 2.25. The van der Waals surface area contributed by atoms with Crippen LogP contribution in [0.15, 0.2) is 0 Å². The molecule has 0 bridgehead atoms. The first-order chi connectivity index (χ1) is 6.27. The molecular formula is C12H24O. The van der Waals surface area contributed by atoms with E-state index in [4.69, 9.17) is 4.74 Å². The Hall–Kier alpha value is -0.0400. The van der Waals surface area contributed by atoms with Crippen LogP contribution in [-0.4, -0.2) is 13.7 Å². The molecule has 0 amide bonds. The number of hydrogen-bond acceptors (Lipinski definition) is 1. The first-order valence-corrected chi connectivity index (χ1v) is 5.76. The van der Waals surface area contributed by atoms with Crippen LogP contribution in [0.5, 0.6) is 0 Å². The molecule has 0 aromatic carbocycles. The van der Waals surface area contributed by atoms with E-state index in [-0.39, 0.29) is 0 Å². The zero-order valence-electron chi connectivity index (χ0n) is 9.27. The van der Waals surface area contributed by atoms with Gasteiger partial charge in [0.15, 0.2) is 0 Å². The minimum Gasteiger partial charge on any atom is -0.385 e. The highest BCUT2D eigenvalue weighted by molar-refractivity contribution is 4.78. The fourth-order valence-electron chi connectivity index (χ4n) is 2.45. The van der Waals surface area contributed by atoms with Crippen LogP contribution in [0.1, 0.15) is 58.3 Å². The standard InChI is InChI=1S/C12H24O/c1-12(8-4-3-5-9-12)10-6-7-11-13-2/h3-11H2,1-2H3. The zero-order valence-corrected chi connectivity index (χ0v) is 9.27. The number of ether oxygens (including phenoxy) is 1. The quantitative estimate of drug-likeness (QED) is 0.591. The molecule has 0 aromatic heterocycles. The van der Waals surface area contributed by atoms with Crippen molar-refractivity contribution in [3.05, 3.63) is 0 Å². The zero-order chi connectivity index (χ0) is 9.57. The summed E-state index contributed by atoms with van der Waals surface area (Å²) >= 11 is 0. The van der Waals surface area contributed by atoms with Gasteiger partial charge in [-0.05, 0) is 31.1 Å². The monoisotopic (exact) mass is 184 g/mol. The highest BCUT2D eigenvalue weighted by Crippen LogP contribution is 2.39. The third kappa shape index (κ3) is 4.12. The summed E-state index contributed by atoms with van der Waals surface area (Å²) in [4.78, 5) is 0. The predicted octanol–water partition coefficient (Wildman–Crippen LogP) is 3.77. The molecule has 1 heteroatoms. The predicted molar refractivity (Wildman–Crippen MR) is 56.9 cm³/mol. The molecule has 0 N–H and O–H groups in total. The molecule has 1 aliphatic rings. The number of hydrogen-bond donors (Lipinski definition) is 0. The molecule has 0 spiro atoms. The van der Waals surface area contributed by atoms with Crippen LogP contribution in [0, 0.1) is 5.41 Å². The van der Waals surface area contributed by atoms with Crippen LogP contribution >= 0.6 is 0 Å². The first kappa shape index (κ1) is 11.0. The molecule has 0 aromatic rings. The third-order valence-corrected chi connectivity index (χ3v) is 3.44. The maximum absolute atomic E-state index is 5.06. The number of methoxy groups -OCH3 is 1. The van der Waals surface area contributed by atoms with Crippen LogP contribution < -0.4 is 0 Å². The van der Waals surface area contributed by atoms with E-state index in [0.717, 1.165) is 6.61 Å². The molecule has 1 rings (SSSR count). The van der Waals surface area contributed by atoms with Crippen molar-refractivity contribution in [1.82, 2.24) is 0 Å². The van der Waals surface area contributed by atoms with Crippen molar-refractivity contribution in [3.8, 4) is 0 Å². The van der Waals surface area contributed by atoms with Crippen molar-refractivity contribution in [2.75, 3.05) is 13.7 Å². The van der Waals surface area contributed by atoms with Crippen molar-refractivity contribution in [3.63, 3.8) is 0 Å². The second-order valence-electron chi connectivity index (χ2n) is 4.82. The minimum absolute atomic E-state index is 0.673. The molecule has 1 fully saturated rings. The third-order valence-electron chi connectivity index (χ3n) is 3.44. The highest BCUT2D eigenvalue weighted by atomic mass is 16.5. The Balaban J connectivity index is 2.10. The van der Waals surface area contributed by atoms with Crippen LogP contribution in [0.4, 0.5) is 0 Å². The van der Waals surface area contributed by atoms with E-state index >= 15 is 0 Å². The summed E-state index contributed by atoms with van der Waals surface area (Å²) in [6.45, 7) is 3.41. The summed E-state index contributed by atoms with van der Waals surface area (Å²) in [5.74, 6) is 0. The van der Waals surface area contributed by atoms with Crippen molar-refractivity contribution in [1.29, 1.82) is 0 Å². The van der Waals surface area contributed by atoms with Crippen molar-refractivity contribution in [2.45, 2.75) is 58.3 Å². The van der Waals surface area contributed by atoms with Crippen molar-refractivity contribution < 1.29 is 4.74 Å². The van der Waals surface area contributed by atoms with Gasteiger partial charge in [-0.3, -0.25) is 0 Å². The number of unbranched alkanes of at least 4 members (excludes halogenated alkanes) is 1. The van der Waals surface area contributed by atoms with Gasteiger partial charge in [-0.25, -0.2) is 0 Å². The van der Waals surface area contributed by atoms with Gasteiger partial charge in [-0.2, -0.15) is 0 Å². The molecular weight excluding hydrogens is 160 g/mol. The van der Waals surface area contributed by atoms with Crippen molar-refractivity contribution in [2.24, 2.45) is 5.41 Å². The fourth-order valence-corrected chi connectivity index (χ4v) is 2.45. The molecule has 0 saturated heterocycles. The van der Waals surface area contributed by atoms with E-state index in [0.29, 0.717) is 5.41 Å². The summed E-state index contributed by atoms with van der Waals surface area (Å²) in [7, 11) is 1.79. The fraction of sp³-hybridized carbons (Fsp3) is 1.00. The Labute approximate surface area is 82.9 Å². The Morgan fingerprint density at radius 1 is 1.08 bits per heavy atom. The van der Waals surface area contributed by atoms with Crippen molar-refractivity contribution >= 4 is 0 Å². The van der Waals surface area contributed by atoms with Gasteiger partial charge in [0, 0.05) is 13.7 Å².